The second-order valence-corrected chi connectivity index (χ2v) is 3.99. The zero-order valence-corrected chi connectivity index (χ0v) is 7.93. The Morgan fingerprint density at radius 2 is 2.13 bits per heavy atom. The second kappa shape index (κ2) is 3.23. The monoisotopic (exact) mass is 220 g/mol. The highest BCUT2D eigenvalue weighted by Crippen LogP contribution is 2.40. The Labute approximate surface area is 84.3 Å². The van der Waals surface area contributed by atoms with Gasteiger partial charge in [0.25, 0.3) is 0 Å². The van der Waals surface area contributed by atoms with Gasteiger partial charge in [0.05, 0.1) is 11.8 Å². The van der Waals surface area contributed by atoms with Crippen LogP contribution in [0, 0.1) is 0 Å². The van der Waals surface area contributed by atoms with Crippen molar-refractivity contribution in [3.05, 3.63) is 17.5 Å². The molecule has 0 bridgehead atoms. The molecule has 0 spiro atoms. The van der Waals surface area contributed by atoms with E-state index in [9.17, 15) is 18.3 Å². The Balaban J connectivity index is 2.05. The maximum absolute atomic E-state index is 12.4. The number of halogens is 3. The van der Waals surface area contributed by atoms with Crippen LogP contribution in [-0.4, -0.2) is 20.9 Å². The van der Waals surface area contributed by atoms with Crippen LogP contribution in [-0.2, 0) is 12.6 Å². The first-order valence-electron chi connectivity index (χ1n) is 4.73. The highest BCUT2D eigenvalue weighted by molar-refractivity contribution is 5.20. The van der Waals surface area contributed by atoms with Crippen molar-refractivity contribution in [2.75, 3.05) is 0 Å². The molecule has 0 saturated heterocycles. The molecule has 1 fully saturated rings. The topological polar surface area (TPSA) is 48.9 Å². The van der Waals surface area contributed by atoms with Gasteiger partial charge in [-0.1, -0.05) is 0 Å². The van der Waals surface area contributed by atoms with Crippen LogP contribution in [0.3, 0.4) is 0 Å². The molecule has 0 radical (unpaired) electrons. The fourth-order valence-corrected chi connectivity index (χ4v) is 1.51. The van der Waals surface area contributed by atoms with Crippen molar-refractivity contribution in [2.45, 2.75) is 37.5 Å². The molecule has 6 heteroatoms. The van der Waals surface area contributed by atoms with E-state index < -0.39 is 17.5 Å². The minimum Gasteiger partial charge on any atom is -0.390 e. The minimum absolute atomic E-state index is 0.128. The minimum atomic E-state index is -4.39. The van der Waals surface area contributed by atoms with Crippen LogP contribution in [0.5, 0.6) is 0 Å². The summed E-state index contributed by atoms with van der Waals surface area (Å²) in [5, 5.41) is 14.8. The predicted octanol–water partition coefficient (Wildman–Crippen LogP) is 1.89. The number of alkyl halides is 3. The third-order valence-corrected chi connectivity index (χ3v) is 2.69. The van der Waals surface area contributed by atoms with Gasteiger partial charge in [0.15, 0.2) is 0 Å². The van der Waals surface area contributed by atoms with Crippen molar-refractivity contribution in [2.24, 2.45) is 0 Å². The largest absolute Gasteiger partial charge is 0.433 e. The molecule has 0 amide bonds. The molecule has 84 valence electrons. The number of nitrogens with zero attached hydrogens (tertiary/aromatic N) is 1. The molecule has 2 N–H and O–H groups in total. The van der Waals surface area contributed by atoms with Crippen molar-refractivity contribution in [3.63, 3.8) is 0 Å². The summed E-state index contributed by atoms with van der Waals surface area (Å²) in [4.78, 5) is 0. The summed E-state index contributed by atoms with van der Waals surface area (Å²) in [7, 11) is 0. The zero-order chi connectivity index (χ0) is 11.1. The lowest BCUT2D eigenvalue weighted by molar-refractivity contribution is -0.141. The molecule has 1 aromatic heterocycles. The normalized spacial score (nSPS) is 19.2. The molecule has 1 aromatic rings. The van der Waals surface area contributed by atoms with E-state index >= 15 is 0 Å². The predicted molar refractivity (Wildman–Crippen MR) is 46.1 cm³/mol. The summed E-state index contributed by atoms with van der Waals surface area (Å²) >= 11 is 0. The van der Waals surface area contributed by atoms with Crippen molar-refractivity contribution < 1.29 is 18.3 Å². The van der Waals surface area contributed by atoms with Gasteiger partial charge in [-0.05, 0) is 25.7 Å². The summed E-state index contributed by atoms with van der Waals surface area (Å²) < 4.78 is 37.2. The van der Waals surface area contributed by atoms with Crippen molar-refractivity contribution >= 4 is 0 Å². The lowest BCUT2D eigenvalue weighted by atomic mass is 10.1. The van der Waals surface area contributed by atoms with Gasteiger partial charge in [0, 0.05) is 5.56 Å². The lowest BCUT2D eigenvalue weighted by Gasteiger charge is -2.09. The molecular weight excluding hydrogens is 209 g/mol. The van der Waals surface area contributed by atoms with Crippen LogP contribution in [0.25, 0.3) is 0 Å². The first-order chi connectivity index (χ1) is 6.91. The standard InChI is InChI=1S/C9H11F3N2O/c10-9(11,12)7-6(5-13-14-7)1-2-8(15)3-4-8/h5,15H,1-4H2,(H,13,14). The molecule has 0 aliphatic heterocycles. The number of nitrogens with one attached hydrogen (secondary N) is 1. The molecule has 1 saturated carbocycles. The SMILES string of the molecule is OC1(CCc2cn[nH]c2C(F)(F)F)CC1. The van der Waals surface area contributed by atoms with E-state index in [1.807, 2.05) is 5.10 Å². The van der Waals surface area contributed by atoms with E-state index in [4.69, 9.17) is 0 Å². The summed E-state index contributed by atoms with van der Waals surface area (Å²) in [6, 6.07) is 0. The van der Waals surface area contributed by atoms with Crippen molar-refractivity contribution in [1.82, 2.24) is 10.2 Å². The fraction of sp³-hybridized carbons (Fsp3) is 0.667. The molecule has 15 heavy (non-hydrogen) atoms. The summed E-state index contributed by atoms with van der Waals surface area (Å²) in [6.07, 6.45) is -1.26. The van der Waals surface area contributed by atoms with E-state index in [1.54, 1.807) is 0 Å². The molecule has 0 unspecified atom stereocenters. The van der Waals surface area contributed by atoms with E-state index in [0.29, 0.717) is 19.3 Å². The molecule has 0 aromatic carbocycles. The van der Waals surface area contributed by atoms with E-state index in [2.05, 4.69) is 5.10 Å². The average Bonchev–Trinajstić information content (AvgIpc) is 2.66. The lowest BCUT2D eigenvalue weighted by Crippen LogP contribution is -2.12. The van der Waals surface area contributed by atoms with Gasteiger partial charge in [-0.25, -0.2) is 0 Å². The maximum Gasteiger partial charge on any atom is 0.433 e. The smallest absolute Gasteiger partial charge is 0.390 e. The van der Waals surface area contributed by atoms with Crippen LogP contribution in [0.4, 0.5) is 13.2 Å². The number of H-pyrrole nitrogens is 1. The van der Waals surface area contributed by atoms with Gasteiger partial charge in [-0.15, -0.1) is 0 Å². The van der Waals surface area contributed by atoms with Crippen LogP contribution < -0.4 is 0 Å². The summed E-state index contributed by atoms with van der Waals surface area (Å²) in [5.74, 6) is 0. The zero-order valence-electron chi connectivity index (χ0n) is 7.93. The van der Waals surface area contributed by atoms with Crippen molar-refractivity contribution in [1.29, 1.82) is 0 Å². The number of rotatable bonds is 3. The Kier molecular flexibility index (Phi) is 2.26. The number of aryl methyl sites for hydroxylation is 1. The molecule has 0 atom stereocenters. The Morgan fingerprint density at radius 1 is 1.47 bits per heavy atom. The number of hydrogen-bond acceptors (Lipinski definition) is 2. The molecule has 3 nitrogen and oxygen atoms in total. The van der Waals surface area contributed by atoms with E-state index in [1.165, 1.54) is 6.20 Å². The first kappa shape index (κ1) is 10.5. The molecule has 1 aliphatic rings. The fourth-order valence-electron chi connectivity index (χ4n) is 1.51. The van der Waals surface area contributed by atoms with Crippen LogP contribution >= 0.6 is 0 Å². The molecule has 1 aliphatic carbocycles. The first-order valence-corrected chi connectivity index (χ1v) is 4.73. The van der Waals surface area contributed by atoms with Gasteiger partial charge in [0.1, 0.15) is 5.69 Å². The van der Waals surface area contributed by atoms with Crippen LogP contribution in [0.1, 0.15) is 30.5 Å². The Morgan fingerprint density at radius 3 is 2.67 bits per heavy atom. The number of aromatic nitrogens is 2. The maximum atomic E-state index is 12.4. The quantitative estimate of drug-likeness (QED) is 0.817. The van der Waals surface area contributed by atoms with Gasteiger partial charge in [0.2, 0.25) is 0 Å². The van der Waals surface area contributed by atoms with E-state index in [-0.39, 0.29) is 12.0 Å². The Hall–Kier alpha value is -1.04. The number of aromatic amines is 1. The van der Waals surface area contributed by atoms with Crippen LogP contribution in [0.15, 0.2) is 6.20 Å². The van der Waals surface area contributed by atoms with Crippen LogP contribution in [0.2, 0.25) is 0 Å². The summed E-state index contributed by atoms with van der Waals surface area (Å²) in [6.45, 7) is 0. The molecule has 2 rings (SSSR count). The molecule has 1 heterocycles. The summed E-state index contributed by atoms with van der Waals surface area (Å²) in [5.41, 5.74) is -1.39. The third-order valence-electron chi connectivity index (χ3n) is 2.69. The molecular formula is C9H11F3N2O. The van der Waals surface area contributed by atoms with Gasteiger partial charge in [-0.3, -0.25) is 5.10 Å². The van der Waals surface area contributed by atoms with Crippen molar-refractivity contribution in [3.8, 4) is 0 Å². The van der Waals surface area contributed by atoms with Gasteiger partial charge >= 0.3 is 6.18 Å². The highest BCUT2D eigenvalue weighted by atomic mass is 19.4. The number of aliphatic hydroxyl groups is 1. The highest BCUT2D eigenvalue weighted by Gasteiger charge is 2.41. The Bertz CT molecular complexity index is 354. The van der Waals surface area contributed by atoms with Gasteiger partial charge in [-0.2, -0.15) is 18.3 Å². The second-order valence-electron chi connectivity index (χ2n) is 3.99. The van der Waals surface area contributed by atoms with E-state index in [0.717, 1.165) is 0 Å². The number of hydrogen-bond donors (Lipinski definition) is 2. The van der Waals surface area contributed by atoms with Gasteiger partial charge < -0.3 is 5.11 Å². The average molecular weight is 220 g/mol. The third kappa shape index (κ3) is 2.31.